The minimum Gasteiger partial charge on any atom is -0.491 e. The molecule has 3 heteroatoms. The van der Waals surface area contributed by atoms with Gasteiger partial charge in [-0.2, -0.15) is 0 Å². The van der Waals surface area contributed by atoms with Crippen LogP contribution in [0.15, 0.2) is 36.1 Å². The van der Waals surface area contributed by atoms with Crippen LogP contribution in [0.3, 0.4) is 0 Å². The van der Waals surface area contributed by atoms with Crippen molar-refractivity contribution in [3.63, 3.8) is 0 Å². The molecule has 1 atom stereocenters. The van der Waals surface area contributed by atoms with Crippen LogP contribution in [-0.2, 0) is 9.53 Å². The Kier molecular flexibility index (Phi) is 4.50. The molecule has 16 heavy (non-hydrogen) atoms. The fraction of sp³-hybridized carbons (Fsp3) is 0.462. The van der Waals surface area contributed by atoms with Crippen molar-refractivity contribution in [2.45, 2.75) is 26.4 Å². The third-order valence-corrected chi connectivity index (χ3v) is 2.37. The summed E-state index contributed by atoms with van der Waals surface area (Å²) in [6, 6.07) is 0. The van der Waals surface area contributed by atoms with E-state index in [0.717, 1.165) is 11.3 Å². The Morgan fingerprint density at radius 3 is 2.94 bits per heavy atom. The summed E-state index contributed by atoms with van der Waals surface area (Å²) in [5.74, 6) is 0.872. The molecule has 3 nitrogen and oxygen atoms in total. The predicted octanol–water partition coefficient (Wildman–Crippen LogP) is 1.96. The van der Waals surface area contributed by atoms with Gasteiger partial charge in [0, 0.05) is 11.5 Å². The van der Waals surface area contributed by atoms with Crippen molar-refractivity contribution in [2.24, 2.45) is 11.7 Å². The summed E-state index contributed by atoms with van der Waals surface area (Å²) in [5.41, 5.74) is 6.09. The molecule has 0 bridgehead atoms. The summed E-state index contributed by atoms with van der Waals surface area (Å²) in [7, 11) is 0. The average Bonchev–Trinajstić information content (AvgIpc) is 2.26. The van der Waals surface area contributed by atoms with Crippen LogP contribution in [0.4, 0.5) is 0 Å². The third kappa shape index (κ3) is 3.35. The number of Topliss-reactive ketones (excluding diaryl/α,β-unsaturated/α-hetero) is 1. The van der Waals surface area contributed by atoms with E-state index in [1.807, 2.05) is 26.0 Å². The second-order valence-electron chi connectivity index (χ2n) is 4.14. The lowest BCUT2D eigenvalue weighted by Gasteiger charge is -2.20. The molecule has 0 aromatic carbocycles. The summed E-state index contributed by atoms with van der Waals surface area (Å²) in [4.78, 5) is 11.5. The van der Waals surface area contributed by atoms with Gasteiger partial charge in [0.25, 0.3) is 0 Å². The molecule has 0 aromatic heterocycles. The van der Waals surface area contributed by atoms with Crippen molar-refractivity contribution in [3.8, 4) is 0 Å². The summed E-state index contributed by atoms with van der Waals surface area (Å²) in [5, 5.41) is 0. The molecule has 0 aromatic rings. The second-order valence-corrected chi connectivity index (χ2v) is 4.14. The topological polar surface area (TPSA) is 52.3 Å². The first-order valence-electron chi connectivity index (χ1n) is 5.51. The maximum Gasteiger partial charge on any atom is 0.172 e. The van der Waals surface area contributed by atoms with Crippen molar-refractivity contribution >= 4 is 5.78 Å². The normalized spacial score (nSPS) is 20.1. The predicted molar refractivity (Wildman–Crippen MR) is 64.8 cm³/mol. The van der Waals surface area contributed by atoms with Crippen LogP contribution in [0.2, 0.25) is 0 Å². The summed E-state index contributed by atoms with van der Waals surface area (Å²) in [6.45, 7) is 7.70. The van der Waals surface area contributed by atoms with E-state index in [2.05, 4.69) is 6.58 Å². The van der Waals surface area contributed by atoms with Crippen molar-refractivity contribution < 1.29 is 9.53 Å². The highest BCUT2D eigenvalue weighted by Gasteiger charge is 2.18. The SMILES string of the molecule is C=C[C@H]1C=C(OC(C)C)C=C(C(=O)CN)C1. The van der Waals surface area contributed by atoms with E-state index in [9.17, 15) is 4.79 Å². The Morgan fingerprint density at radius 2 is 2.44 bits per heavy atom. The van der Waals surface area contributed by atoms with E-state index < -0.39 is 0 Å². The molecule has 1 aliphatic carbocycles. The largest absolute Gasteiger partial charge is 0.491 e. The smallest absolute Gasteiger partial charge is 0.172 e. The molecule has 1 aliphatic rings. The van der Waals surface area contributed by atoms with Gasteiger partial charge in [0.2, 0.25) is 0 Å². The first-order valence-corrected chi connectivity index (χ1v) is 5.51. The Bertz CT molecular complexity index is 340. The Hall–Kier alpha value is -1.35. The van der Waals surface area contributed by atoms with E-state index in [0.29, 0.717) is 6.42 Å². The number of ketones is 1. The third-order valence-electron chi connectivity index (χ3n) is 2.37. The van der Waals surface area contributed by atoms with Crippen molar-refractivity contribution in [2.75, 3.05) is 6.54 Å². The average molecular weight is 221 g/mol. The number of carbonyl (C=O) groups excluding carboxylic acids is 1. The number of hydrogen-bond donors (Lipinski definition) is 1. The highest BCUT2D eigenvalue weighted by Crippen LogP contribution is 2.25. The quantitative estimate of drug-likeness (QED) is 0.722. The van der Waals surface area contributed by atoms with Gasteiger partial charge in [0.1, 0.15) is 5.76 Å². The van der Waals surface area contributed by atoms with Crippen molar-refractivity contribution in [3.05, 3.63) is 36.1 Å². The number of hydrogen-bond acceptors (Lipinski definition) is 3. The van der Waals surface area contributed by atoms with E-state index >= 15 is 0 Å². The molecule has 0 fully saturated rings. The lowest BCUT2D eigenvalue weighted by molar-refractivity contribution is -0.114. The fourth-order valence-corrected chi connectivity index (χ4v) is 1.62. The number of carbonyl (C=O) groups is 1. The summed E-state index contributed by atoms with van der Waals surface area (Å²) < 4.78 is 5.59. The van der Waals surface area contributed by atoms with Crippen LogP contribution >= 0.6 is 0 Å². The molecular formula is C13H19NO2. The Balaban J connectivity index is 2.87. The van der Waals surface area contributed by atoms with Gasteiger partial charge in [-0.1, -0.05) is 6.08 Å². The van der Waals surface area contributed by atoms with Gasteiger partial charge < -0.3 is 10.5 Å². The zero-order valence-corrected chi connectivity index (χ0v) is 9.90. The van der Waals surface area contributed by atoms with Crippen LogP contribution in [-0.4, -0.2) is 18.4 Å². The molecule has 0 radical (unpaired) electrons. The second kappa shape index (κ2) is 5.66. The molecule has 0 heterocycles. The van der Waals surface area contributed by atoms with E-state index in [1.54, 1.807) is 6.08 Å². The van der Waals surface area contributed by atoms with Gasteiger partial charge in [0.15, 0.2) is 5.78 Å². The zero-order chi connectivity index (χ0) is 12.1. The van der Waals surface area contributed by atoms with Gasteiger partial charge in [-0.15, -0.1) is 6.58 Å². The first-order chi connectivity index (χ1) is 7.56. The molecule has 0 saturated carbocycles. The molecule has 0 saturated heterocycles. The van der Waals surface area contributed by atoms with E-state index in [4.69, 9.17) is 10.5 Å². The van der Waals surface area contributed by atoms with Crippen LogP contribution in [0.1, 0.15) is 20.3 Å². The summed E-state index contributed by atoms with van der Waals surface area (Å²) in [6.07, 6.45) is 6.36. The van der Waals surface area contributed by atoms with Gasteiger partial charge in [-0.05, 0) is 32.4 Å². The molecule has 1 rings (SSSR count). The number of nitrogens with two attached hydrogens (primary N) is 1. The van der Waals surface area contributed by atoms with Crippen molar-refractivity contribution in [1.82, 2.24) is 0 Å². The molecular weight excluding hydrogens is 202 g/mol. The number of ether oxygens (including phenoxy) is 1. The maximum absolute atomic E-state index is 11.5. The van der Waals surface area contributed by atoms with Gasteiger partial charge in [0.05, 0.1) is 12.6 Å². The van der Waals surface area contributed by atoms with Crippen LogP contribution < -0.4 is 5.73 Å². The van der Waals surface area contributed by atoms with Crippen LogP contribution in [0.5, 0.6) is 0 Å². The van der Waals surface area contributed by atoms with Crippen LogP contribution in [0, 0.1) is 5.92 Å². The summed E-state index contributed by atoms with van der Waals surface area (Å²) >= 11 is 0. The molecule has 0 amide bonds. The Labute approximate surface area is 96.7 Å². The van der Waals surface area contributed by atoms with Crippen LogP contribution in [0.25, 0.3) is 0 Å². The molecule has 0 spiro atoms. The van der Waals surface area contributed by atoms with Gasteiger partial charge in [-0.25, -0.2) is 0 Å². The first kappa shape index (κ1) is 12.7. The van der Waals surface area contributed by atoms with Gasteiger partial charge >= 0.3 is 0 Å². The minimum absolute atomic E-state index is 0.0233. The fourth-order valence-electron chi connectivity index (χ4n) is 1.62. The van der Waals surface area contributed by atoms with Gasteiger partial charge in [-0.3, -0.25) is 4.79 Å². The molecule has 88 valence electrons. The maximum atomic E-state index is 11.5. The number of allylic oxidation sites excluding steroid dienone is 3. The lowest BCUT2D eigenvalue weighted by atomic mass is 9.91. The highest BCUT2D eigenvalue weighted by atomic mass is 16.5. The monoisotopic (exact) mass is 221 g/mol. The standard InChI is InChI=1S/C13H19NO2/c1-4-10-5-11(13(15)8-14)7-12(6-10)16-9(2)3/h4,6-7,9-10H,1,5,8,14H2,2-3H3/t10-/m1/s1. The van der Waals surface area contributed by atoms with E-state index in [1.165, 1.54) is 0 Å². The number of rotatable bonds is 5. The highest BCUT2D eigenvalue weighted by molar-refractivity contribution is 5.97. The van der Waals surface area contributed by atoms with E-state index in [-0.39, 0.29) is 24.3 Å². The lowest BCUT2D eigenvalue weighted by Crippen LogP contribution is -2.19. The molecule has 0 aliphatic heterocycles. The Morgan fingerprint density at radius 1 is 1.75 bits per heavy atom. The van der Waals surface area contributed by atoms with Crippen molar-refractivity contribution in [1.29, 1.82) is 0 Å². The minimum atomic E-state index is -0.0233. The zero-order valence-electron chi connectivity index (χ0n) is 9.90. The molecule has 0 unspecified atom stereocenters. The molecule has 2 N–H and O–H groups in total.